The number of nitrogens with zero attached hydrogens (tertiary/aromatic N) is 1. The Labute approximate surface area is 129 Å². The van der Waals surface area contributed by atoms with Crippen molar-refractivity contribution in [2.24, 2.45) is 0 Å². The van der Waals surface area contributed by atoms with Crippen LogP contribution in [-0.4, -0.2) is 38.0 Å². The number of aromatic nitrogens is 1. The molecule has 0 saturated carbocycles. The first-order chi connectivity index (χ1) is 10.3. The lowest BCUT2D eigenvalue weighted by molar-refractivity contribution is -0.146. The van der Waals surface area contributed by atoms with E-state index in [-0.39, 0.29) is 11.1 Å². The molecule has 1 aliphatic carbocycles. The van der Waals surface area contributed by atoms with Gasteiger partial charge in [-0.05, 0) is 13.0 Å². The molecule has 2 rings (SSSR count). The highest BCUT2D eigenvalue weighted by atomic mass is 35.5. The molecule has 22 heavy (non-hydrogen) atoms. The van der Waals surface area contributed by atoms with E-state index in [1.54, 1.807) is 0 Å². The van der Waals surface area contributed by atoms with E-state index in [9.17, 15) is 24.6 Å². The van der Waals surface area contributed by atoms with Crippen molar-refractivity contribution < 1.29 is 29.7 Å². The second kappa shape index (κ2) is 5.27. The van der Waals surface area contributed by atoms with Crippen LogP contribution < -0.4 is 0 Å². The van der Waals surface area contributed by atoms with Crippen molar-refractivity contribution in [3.05, 3.63) is 52.0 Å². The van der Waals surface area contributed by atoms with Gasteiger partial charge < -0.3 is 15.3 Å². The van der Waals surface area contributed by atoms with Crippen LogP contribution in [0.4, 0.5) is 0 Å². The summed E-state index contributed by atoms with van der Waals surface area (Å²) in [5.41, 5.74) is -3.75. The summed E-state index contributed by atoms with van der Waals surface area (Å²) in [5.74, 6) is -5.56. The van der Waals surface area contributed by atoms with Gasteiger partial charge in [0.25, 0.3) is 0 Å². The molecular weight excluding hydrogens is 314 g/mol. The lowest BCUT2D eigenvalue weighted by Gasteiger charge is -2.32. The molecule has 1 aromatic rings. The van der Waals surface area contributed by atoms with Gasteiger partial charge in [-0.25, -0.2) is 4.79 Å². The summed E-state index contributed by atoms with van der Waals surface area (Å²) in [5, 5.41) is 28.1. The number of ketones is 1. The van der Waals surface area contributed by atoms with Gasteiger partial charge in [-0.3, -0.25) is 14.6 Å². The molecular formula is C14H10ClNO6. The third-order valence-electron chi connectivity index (χ3n) is 3.45. The molecule has 3 N–H and O–H groups in total. The van der Waals surface area contributed by atoms with Crippen LogP contribution in [0.2, 0.25) is 0 Å². The average Bonchev–Trinajstić information content (AvgIpc) is 2.46. The average molecular weight is 324 g/mol. The zero-order valence-electron chi connectivity index (χ0n) is 11.2. The summed E-state index contributed by atoms with van der Waals surface area (Å²) < 4.78 is 0. The van der Waals surface area contributed by atoms with Gasteiger partial charge >= 0.3 is 11.9 Å². The molecule has 0 spiro atoms. The quantitative estimate of drug-likeness (QED) is 0.567. The first-order valence-corrected chi connectivity index (χ1v) is 6.36. The van der Waals surface area contributed by atoms with Crippen molar-refractivity contribution in [1.82, 2.24) is 4.98 Å². The summed E-state index contributed by atoms with van der Waals surface area (Å²) in [6, 6.07) is 2.70. The first-order valence-electron chi connectivity index (χ1n) is 5.98. The molecule has 1 aliphatic rings. The second-order valence-corrected chi connectivity index (χ2v) is 4.97. The Morgan fingerprint density at radius 2 is 1.95 bits per heavy atom. The van der Waals surface area contributed by atoms with Crippen molar-refractivity contribution in [2.75, 3.05) is 0 Å². The van der Waals surface area contributed by atoms with Crippen molar-refractivity contribution in [2.45, 2.75) is 12.3 Å². The second-order valence-electron chi connectivity index (χ2n) is 4.59. The molecule has 0 fully saturated rings. The van der Waals surface area contributed by atoms with E-state index in [1.165, 1.54) is 25.3 Å². The van der Waals surface area contributed by atoms with Gasteiger partial charge in [-0.2, -0.15) is 0 Å². The minimum absolute atomic E-state index is 0.0944. The van der Waals surface area contributed by atoms with Crippen molar-refractivity contribution >= 4 is 29.3 Å². The largest absolute Gasteiger partial charge is 0.507 e. The number of carbonyl (C=O) groups is 3. The lowest BCUT2D eigenvalue weighted by Crippen LogP contribution is -2.49. The molecule has 7 nitrogen and oxygen atoms in total. The Kier molecular flexibility index (Phi) is 3.76. The fraction of sp³-hybridized carbons (Fsp3) is 0.143. The molecule has 1 heterocycles. The van der Waals surface area contributed by atoms with Crippen LogP contribution in [0.1, 0.15) is 12.5 Å². The molecule has 0 aliphatic heterocycles. The number of carboxylic acid groups (broad SMARTS) is 2. The van der Waals surface area contributed by atoms with Crippen LogP contribution in [0.5, 0.6) is 0 Å². The van der Waals surface area contributed by atoms with Gasteiger partial charge in [-0.15, -0.1) is 0 Å². The maximum absolute atomic E-state index is 12.6. The number of hydrogen-bond acceptors (Lipinski definition) is 5. The van der Waals surface area contributed by atoms with E-state index in [0.29, 0.717) is 0 Å². The van der Waals surface area contributed by atoms with Crippen LogP contribution in [0.25, 0.3) is 0 Å². The molecule has 1 unspecified atom stereocenters. The van der Waals surface area contributed by atoms with Crippen LogP contribution in [0.15, 0.2) is 46.5 Å². The monoisotopic (exact) mass is 323 g/mol. The smallest absolute Gasteiger partial charge is 0.343 e. The standard InChI is InChI=1S/C14H10ClNO6/c1-6-9(17)8(12(19)20)11(18)14(10(6)15,13(21)22)7-3-2-4-16-5-7/h2-5,17H,1H3,(H,19,20)(H,21,22). The van der Waals surface area contributed by atoms with E-state index in [4.69, 9.17) is 16.7 Å². The number of rotatable bonds is 3. The molecule has 1 atom stereocenters. The van der Waals surface area contributed by atoms with E-state index >= 15 is 0 Å². The predicted octanol–water partition coefficient (Wildman–Crippen LogP) is 1.40. The summed E-state index contributed by atoms with van der Waals surface area (Å²) in [6.45, 7) is 1.24. The van der Waals surface area contributed by atoms with Gasteiger partial charge in [-0.1, -0.05) is 17.7 Å². The SMILES string of the molecule is CC1=C(Cl)C(C(=O)O)(c2cccnc2)C(=O)C(C(=O)O)=C1O. The highest BCUT2D eigenvalue weighted by molar-refractivity contribution is 6.42. The summed E-state index contributed by atoms with van der Waals surface area (Å²) in [7, 11) is 0. The number of aliphatic hydroxyl groups is 1. The molecule has 114 valence electrons. The Morgan fingerprint density at radius 1 is 1.32 bits per heavy atom. The van der Waals surface area contributed by atoms with Crippen LogP contribution in [0, 0.1) is 0 Å². The number of hydrogen-bond donors (Lipinski definition) is 3. The molecule has 0 amide bonds. The van der Waals surface area contributed by atoms with Gasteiger partial charge in [0.2, 0.25) is 5.78 Å². The minimum atomic E-state index is -2.44. The summed E-state index contributed by atoms with van der Waals surface area (Å²) in [6.07, 6.45) is 2.48. The summed E-state index contributed by atoms with van der Waals surface area (Å²) in [4.78, 5) is 39.4. The molecule has 0 saturated heterocycles. The zero-order valence-corrected chi connectivity index (χ0v) is 12.0. The number of pyridine rings is 1. The van der Waals surface area contributed by atoms with Crippen molar-refractivity contribution in [1.29, 1.82) is 0 Å². The molecule has 0 radical (unpaired) electrons. The Bertz CT molecular complexity index is 752. The van der Waals surface area contributed by atoms with E-state index < -0.39 is 39.5 Å². The topological polar surface area (TPSA) is 125 Å². The molecule has 0 aromatic carbocycles. The third kappa shape index (κ3) is 1.90. The summed E-state index contributed by atoms with van der Waals surface area (Å²) >= 11 is 6.04. The van der Waals surface area contributed by atoms with E-state index in [0.717, 1.165) is 6.20 Å². The fourth-order valence-corrected chi connectivity index (χ4v) is 2.69. The van der Waals surface area contributed by atoms with E-state index in [2.05, 4.69) is 4.98 Å². The van der Waals surface area contributed by atoms with Gasteiger partial charge in [0.1, 0.15) is 11.3 Å². The van der Waals surface area contributed by atoms with Crippen LogP contribution in [0.3, 0.4) is 0 Å². The normalized spacial score (nSPS) is 22.0. The predicted molar refractivity (Wildman–Crippen MR) is 74.4 cm³/mol. The van der Waals surface area contributed by atoms with Crippen molar-refractivity contribution in [3.8, 4) is 0 Å². The van der Waals surface area contributed by atoms with Crippen LogP contribution >= 0.6 is 11.6 Å². The first kappa shape index (κ1) is 15.7. The van der Waals surface area contributed by atoms with Gasteiger partial charge in [0.05, 0.1) is 5.03 Å². The van der Waals surface area contributed by atoms with Gasteiger partial charge in [0, 0.05) is 23.5 Å². The Morgan fingerprint density at radius 3 is 2.41 bits per heavy atom. The number of carboxylic acids is 2. The fourth-order valence-electron chi connectivity index (χ4n) is 2.32. The Hall–Kier alpha value is -2.67. The van der Waals surface area contributed by atoms with Gasteiger partial charge in [0.15, 0.2) is 5.41 Å². The zero-order chi connectivity index (χ0) is 16.7. The maximum atomic E-state index is 12.6. The number of carbonyl (C=O) groups excluding carboxylic acids is 1. The number of allylic oxidation sites excluding steroid dienone is 1. The van der Waals surface area contributed by atoms with Crippen LogP contribution in [-0.2, 0) is 19.8 Å². The number of aliphatic hydroxyl groups excluding tert-OH is 1. The lowest BCUT2D eigenvalue weighted by atomic mass is 9.70. The number of Topliss-reactive ketones (excluding diaryl/α,β-unsaturated/α-hetero) is 1. The van der Waals surface area contributed by atoms with Crippen molar-refractivity contribution in [3.63, 3.8) is 0 Å². The third-order valence-corrected chi connectivity index (χ3v) is 4.01. The molecule has 1 aromatic heterocycles. The highest BCUT2D eigenvalue weighted by Crippen LogP contribution is 2.44. The highest BCUT2D eigenvalue weighted by Gasteiger charge is 2.57. The molecule has 8 heteroatoms. The number of halogens is 1. The number of aliphatic carboxylic acids is 2. The minimum Gasteiger partial charge on any atom is -0.507 e. The molecule has 0 bridgehead atoms. The van der Waals surface area contributed by atoms with E-state index in [1.807, 2.05) is 0 Å². The Balaban J connectivity index is 2.91. The maximum Gasteiger partial charge on any atom is 0.343 e.